The maximum Gasteiger partial charge on any atom is 0.315 e. The minimum absolute atomic E-state index is 0.0524. The van der Waals surface area contributed by atoms with Gasteiger partial charge in [0, 0.05) is 5.41 Å². The number of carbonyl (C=O) groups is 1. The fraction of sp³-hybridized carbons (Fsp3) is 0.949. The van der Waals surface area contributed by atoms with Crippen LogP contribution in [0.3, 0.4) is 0 Å². The van der Waals surface area contributed by atoms with E-state index in [1.54, 1.807) is 0 Å². The average Bonchev–Trinajstić information content (AvgIpc) is 0.678. The van der Waals surface area contributed by atoms with Crippen molar-refractivity contribution < 1.29 is 139 Å². The van der Waals surface area contributed by atoms with Crippen LogP contribution in [0.15, 0.2) is 11.6 Å². The van der Waals surface area contributed by atoms with E-state index in [1.807, 2.05) is 6.92 Å². The number of hydrogen-bond donors (Lipinski definition) is 17. The molecule has 0 aromatic carbocycles. The van der Waals surface area contributed by atoms with Gasteiger partial charge in [0.05, 0.1) is 56.8 Å². The maximum atomic E-state index is 15.5. The van der Waals surface area contributed by atoms with E-state index in [-0.39, 0.29) is 29.6 Å². The molecule has 0 radical (unpaired) electrons. The first-order chi connectivity index (χ1) is 40.8. The topological polar surface area (TPSA) is 453 Å². The number of hydrogen-bond acceptors (Lipinski definition) is 28. The summed E-state index contributed by atoms with van der Waals surface area (Å²) in [6.45, 7) is 11.1. The Morgan fingerprint density at radius 3 is 1.66 bits per heavy atom. The van der Waals surface area contributed by atoms with Crippen LogP contribution < -0.4 is 0 Å². The summed E-state index contributed by atoms with van der Waals surface area (Å²) in [4.78, 5) is 15.5. The Bertz CT molecular complexity index is 2420. The summed E-state index contributed by atoms with van der Waals surface area (Å²) in [6.07, 6.45) is -35.6. The number of carbonyl (C=O) groups excluding carboxylic acids is 1. The number of allylic oxidation sites excluding steroid dienone is 2. The zero-order valence-electron chi connectivity index (χ0n) is 50.3. The van der Waals surface area contributed by atoms with Gasteiger partial charge in [-0.1, -0.05) is 53.2 Å². The lowest BCUT2D eigenvalue weighted by Gasteiger charge is -2.72. The van der Waals surface area contributed by atoms with Crippen LogP contribution in [0, 0.1) is 50.2 Å². The quantitative estimate of drug-likeness (QED) is 0.0442. The molecule has 4 saturated carbocycles. The van der Waals surface area contributed by atoms with E-state index in [4.69, 9.17) is 47.4 Å². The molecular formula is C59H96O28. The second kappa shape index (κ2) is 25.1. The molecule has 0 aromatic rings. The van der Waals surface area contributed by atoms with E-state index < -0.39 is 226 Å². The number of esters is 1. The summed E-state index contributed by atoms with van der Waals surface area (Å²) in [5, 5.41) is 185. The number of rotatable bonds is 14. The second-order valence-corrected chi connectivity index (χ2v) is 28.6. The number of aliphatic hydroxyl groups is 17. The number of aliphatic hydroxyl groups excluding tert-OH is 17. The largest absolute Gasteiger partial charge is 0.432 e. The van der Waals surface area contributed by atoms with Gasteiger partial charge in [-0.05, 0) is 104 Å². The SMILES string of the molecule is C[C@@H]1O[C@@H](O[C@H]2[C@H](OC(=O)[C@]34CCC(C)(C)C[C@H]3C3=CC[C@@H]5[C@@]6(C)C[C@H](O)[C@H](O[C@@H]7O[C@H](CO)[C@@H](O)[C@H](O)[C@H]7O)[C@](C)(CO)[C@@H]6CC[C@@]5(C)[C@]3(C)CC4)O[C@H](CO)[C@@H](O)[C@@H]2O)[C@H](O)[C@H](O)[C@H]1O[C@@H]1OC[C@@H](O[C@@H]2O[C@H](CO)[C@H](O)[C@H](O)[C@H]2O)[C@H](O)[C@H]1O. The molecule has 0 aromatic heterocycles. The van der Waals surface area contributed by atoms with Crippen LogP contribution in [0.4, 0.5) is 0 Å². The van der Waals surface area contributed by atoms with Crippen molar-refractivity contribution in [3.63, 3.8) is 0 Å². The van der Waals surface area contributed by atoms with Gasteiger partial charge in [-0.25, -0.2) is 0 Å². The van der Waals surface area contributed by atoms with E-state index in [0.717, 1.165) is 5.57 Å². The molecule has 5 aliphatic heterocycles. The van der Waals surface area contributed by atoms with Crippen LogP contribution >= 0.6 is 0 Å². The molecule has 17 N–H and O–H groups in total. The molecule has 5 heterocycles. The highest BCUT2D eigenvalue weighted by Crippen LogP contribution is 2.76. The minimum Gasteiger partial charge on any atom is -0.432 e. The van der Waals surface area contributed by atoms with Crippen LogP contribution in [0.2, 0.25) is 0 Å². The Morgan fingerprint density at radius 1 is 0.540 bits per heavy atom. The molecule has 87 heavy (non-hydrogen) atoms. The molecule has 5 aliphatic carbocycles. The molecule has 28 heteroatoms. The lowest BCUT2D eigenvalue weighted by Crippen LogP contribution is -2.69. The zero-order valence-corrected chi connectivity index (χ0v) is 50.3. The fourth-order valence-corrected chi connectivity index (χ4v) is 17.8. The molecule has 0 spiro atoms. The van der Waals surface area contributed by atoms with Gasteiger partial charge in [-0.15, -0.1) is 0 Å². The van der Waals surface area contributed by atoms with Crippen molar-refractivity contribution in [3.05, 3.63) is 11.6 Å². The molecule has 0 bridgehead atoms. The highest BCUT2D eigenvalue weighted by atomic mass is 16.8. The summed E-state index contributed by atoms with van der Waals surface area (Å²) in [5.41, 5.74) is -2.90. The normalized spacial score (nSPS) is 55.1. The van der Waals surface area contributed by atoms with Gasteiger partial charge in [-0.2, -0.15) is 0 Å². The lowest BCUT2D eigenvalue weighted by atomic mass is 9.33. The predicted octanol–water partition coefficient (Wildman–Crippen LogP) is -4.60. The first kappa shape index (κ1) is 68.0. The molecule has 34 atom stereocenters. The lowest BCUT2D eigenvalue weighted by molar-refractivity contribution is -0.379. The van der Waals surface area contributed by atoms with E-state index in [1.165, 1.54) is 6.92 Å². The summed E-state index contributed by atoms with van der Waals surface area (Å²) in [7, 11) is 0. The van der Waals surface area contributed by atoms with E-state index in [9.17, 15) is 86.8 Å². The van der Waals surface area contributed by atoms with Crippen LogP contribution in [-0.4, -0.2) is 285 Å². The minimum atomic E-state index is -2.00. The summed E-state index contributed by atoms with van der Waals surface area (Å²) in [6, 6.07) is 0. The molecule has 28 nitrogen and oxygen atoms in total. The van der Waals surface area contributed by atoms with Crippen molar-refractivity contribution in [3.8, 4) is 0 Å². The van der Waals surface area contributed by atoms with Crippen molar-refractivity contribution in [2.45, 2.75) is 266 Å². The van der Waals surface area contributed by atoms with Crippen LogP contribution in [0.25, 0.3) is 0 Å². The van der Waals surface area contributed by atoms with Crippen molar-refractivity contribution in [2.75, 3.05) is 33.0 Å². The third-order valence-electron chi connectivity index (χ3n) is 23.2. The van der Waals surface area contributed by atoms with Gasteiger partial charge in [0.1, 0.15) is 104 Å². The van der Waals surface area contributed by atoms with Crippen LogP contribution in [-0.2, 0) is 52.2 Å². The second-order valence-electron chi connectivity index (χ2n) is 28.6. The van der Waals surface area contributed by atoms with E-state index in [2.05, 4.69) is 40.7 Å². The summed E-state index contributed by atoms with van der Waals surface area (Å²) < 4.78 is 59.1. The highest BCUT2D eigenvalue weighted by Gasteiger charge is 2.72. The molecule has 500 valence electrons. The van der Waals surface area contributed by atoms with Gasteiger partial charge in [-0.3, -0.25) is 4.79 Å². The first-order valence-corrected chi connectivity index (χ1v) is 30.9. The molecule has 0 amide bonds. The Balaban J connectivity index is 0.846. The van der Waals surface area contributed by atoms with Gasteiger partial charge < -0.3 is 134 Å². The monoisotopic (exact) mass is 1250 g/mol. The fourth-order valence-electron chi connectivity index (χ4n) is 17.8. The summed E-state index contributed by atoms with van der Waals surface area (Å²) in [5.74, 6) is -1.32. The molecule has 10 rings (SSSR count). The maximum absolute atomic E-state index is 15.5. The number of ether oxygens (including phenoxy) is 10. The average molecular weight is 1250 g/mol. The highest BCUT2D eigenvalue weighted by molar-refractivity contribution is 5.79. The van der Waals surface area contributed by atoms with E-state index in [0.29, 0.717) is 51.4 Å². The van der Waals surface area contributed by atoms with Gasteiger partial charge in [0.15, 0.2) is 31.3 Å². The molecular weight excluding hydrogens is 1160 g/mol. The van der Waals surface area contributed by atoms with Crippen molar-refractivity contribution >= 4 is 5.97 Å². The standard InChI is InChI=1S/C59H96O28/c1-23-45(84-48-41(73)36(68)30(21-78-48)83-50-42(74)37(69)33(65)27(18-60)80-50)40(72)44(76)49(79-23)85-46-39(71)35(67)29(20-62)82-52(46)87-53(77)59-14-12-54(2,3)16-25(59)24-8-9-32-55(4)17-26(64)47(86-51-43(75)38(70)34(66)28(19-61)81-51)56(5,22-63)31(55)10-11-58(32,7)57(24,6)13-15-59/h8,23,25-52,60-76H,9-22H2,1-7H3/t23-,25-,26-,27+,28+,29+,30+,31+,32+,33-,34+,35+,36-,37-,38-,39-,40-,41+,42+,43+,44+,45-,46+,47-,48-,49-,50-,51-,52-,55-,56+,57+,58+,59-/m0/s1. The molecule has 0 unspecified atom stereocenters. The predicted molar refractivity (Wildman–Crippen MR) is 291 cm³/mol. The summed E-state index contributed by atoms with van der Waals surface area (Å²) >= 11 is 0. The Morgan fingerprint density at radius 2 is 1.06 bits per heavy atom. The zero-order chi connectivity index (χ0) is 63.6. The van der Waals surface area contributed by atoms with Crippen molar-refractivity contribution in [2.24, 2.45) is 50.2 Å². The Labute approximate surface area is 504 Å². The van der Waals surface area contributed by atoms with Gasteiger partial charge in [0.2, 0.25) is 6.29 Å². The Hall–Kier alpha value is -1.83. The van der Waals surface area contributed by atoms with Crippen LogP contribution in [0.5, 0.6) is 0 Å². The van der Waals surface area contributed by atoms with Crippen molar-refractivity contribution in [1.29, 1.82) is 0 Å². The molecule has 10 aliphatic rings. The van der Waals surface area contributed by atoms with Crippen molar-refractivity contribution in [1.82, 2.24) is 0 Å². The van der Waals surface area contributed by atoms with Crippen LogP contribution in [0.1, 0.15) is 106 Å². The smallest absolute Gasteiger partial charge is 0.315 e. The van der Waals surface area contributed by atoms with Gasteiger partial charge in [0.25, 0.3) is 0 Å². The van der Waals surface area contributed by atoms with Gasteiger partial charge >= 0.3 is 5.97 Å². The third-order valence-corrected chi connectivity index (χ3v) is 23.2. The molecule has 5 saturated heterocycles. The first-order valence-electron chi connectivity index (χ1n) is 30.9. The third kappa shape index (κ3) is 11.3. The van der Waals surface area contributed by atoms with E-state index >= 15 is 4.79 Å². The Kier molecular flexibility index (Phi) is 19.7. The molecule has 9 fully saturated rings. The number of fused-ring (bicyclic) bond motifs is 7.